The van der Waals surface area contributed by atoms with Gasteiger partial charge in [-0.25, -0.2) is 4.39 Å². The highest BCUT2D eigenvalue weighted by atomic mass is 79.9. The van der Waals surface area contributed by atoms with Crippen molar-refractivity contribution in [1.29, 1.82) is 0 Å². The summed E-state index contributed by atoms with van der Waals surface area (Å²) in [7, 11) is 0. The van der Waals surface area contributed by atoms with E-state index in [2.05, 4.69) is 15.9 Å². The Hall–Kier alpha value is 0.110. The molecule has 1 aromatic rings. The summed E-state index contributed by atoms with van der Waals surface area (Å²) in [5.41, 5.74) is 0. The molecule has 0 atom stereocenters. The fraction of sp³-hybridized carbons (Fsp3) is 0.200. The molecule has 0 aliphatic heterocycles. The Morgan fingerprint density at radius 2 is 2.50 bits per heavy atom. The normalized spacial score (nSPS) is 9.75. The standard InChI is InChI=1S/C5H4BrFS/c6-4-1-5(2-7)8-3-4/h1,3H,2H2. The molecular formula is C5H4BrFS. The third-order valence-electron chi connectivity index (χ3n) is 0.753. The largest absolute Gasteiger partial charge is 0.245 e. The second kappa shape index (κ2) is 2.60. The van der Waals surface area contributed by atoms with E-state index < -0.39 is 0 Å². The molecule has 0 unspecified atom stereocenters. The number of rotatable bonds is 1. The fourth-order valence-electron chi connectivity index (χ4n) is 0.424. The first-order valence-electron chi connectivity index (χ1n) is 2.12. The lowest BCUT2D eigenvalue weighted by Crippen LogP contribution is -1.61. The minimum absolute atomic E-state index is 0.351. The van der Waals surface area contributed by atoms with Gasteiger partial charge in [-0.3, -0.25) is 0 Å². The lowest BCUT2D eigenvalue weighted by Gasteiger charge is -1.76. The maximum absolute atomic E-state index is 11.7. The van der Waals surface area contributed by atoms with Gasteiger partial charge < -0.3 is 0 Å². The molecular weight excluding hydrogens is 191 g/mol. The van der Waals surface area contributed by atoms with E-state index in [4.69, 9.17) is 0 Å². The summed E-state index contributed by atoms with van der Waals surface area (Å²) < 4.78 is 12.7. The maximum atomic E-state index is 11.7. The molecule has 8 heavy (non-hydrogen) atoms. The molecule has 0 saturated carbocycles. The Kier molecular flexibility index (Phi) is 2.02. The van der Waals surface area contributed by atoms with Gasteiger partial charge >= 0.3 is 0 Å². The van der Waals surface area contributed by atoms with Gasteiger partial charge in [-0.05, 0) is 22.0 Å². The molecule has 44 valence electrons. The summed E-state index contributed by atoms with van der Waals surface area (Å²) in [5.74, 6) is 0. The zero-order valence-corrected chi connectivity index (χ0v) is 6.43. The van der Waals surface area contributed by atoms with Gasteiger partial charge in [0, 0.05) is 14.7 Å². The molecule has 1 rings (SSSR count). The molecule has 0 aliphatic carbocycles. The molecule has 0 saturated heterocycles. The first-order chi connectivity index (χ1) is 3.83. The zero-order valence-electron chi connectivity index (χ0n) is 4.03. The highest BCUT2D eigenvalue weighted by Gasteiger charge is 1.93. The molecule has 0 aliphatic rings. The molecule has 0 aromatic carbocycles. The topological polar surface area (TPSA) is 0 Å². The van der Waals surface area contributed by atoms with Crippen LogP contribution in [0.5, 0.6) is 0 Å². The third kappa shape index (κ3) is 1.29. The number of alkyl halides is 1. The van der Waals surface area contributed by atoms with Crippen LogP contribution < -0.4 is 0 Å². The fourth-order valence-corrected chi connectivity index (χ4v) is 1.72. The molecule has 0 bridgehead atoms. The Morgan fingerprint density at radius 1 is 1.75 bits per heavy atom. The van der Waals surface area contributed by atoms with Gasteiger partial charge in [0.05, 0.1) is 0 Å². The maximum Gasteiger partial charge on any atom is 0.124 e. The first kappa shape index (κ1) is 6.23. The van der Waals surface area contributed by atoms with Crippen molar-refractivity contribution < 1.29 is 4.39 Å². The Bertz CT molecular complexity index is 173. The van der Waals surface area contributed by atoms with E-state index in [1.54, 1.807) is 6.07 Å². The molecule has 1 aromatic heterocycles. The average molecular weight is 195 g/mol. The van der Waals surface area contributed by atoms with Crippen molar-refractivity contribution in [3.63, 3.8) is 0 Å². The van der Waals surface area contributed by atoms with Crippen LogP contribution in [0.3, 0.4) is 0 Å². The monoisotopic (exact) mass is 194 g/mol. The van der Waals surface area contributed by atoms with Crippen molar-refractivity contribution in [2.45, 2.75) is 6.67 Å². The third-order valence-corrected chi connectivity index (χ3v) is 2.42. The van der Waals surface area contributed by atoms with Gasteiger partial charge in [0.15, 0.2) is 0 Å². The van der Waals surface area contributed by atoms with Crippen LogP contribution in [0.1, 0.15) is 4.88 Å². The molecule has 0 amide bonds. The predicted octanol–water partition coefficient (Wildman–Crippen LogP) is 2.98. The van der Waals surface area contributed by atoms with E-state index in [0.29, 0.717) is 0 Å². The van der Waals surface area contributed by atoms with Crippen molar-refractivity contribution >= 4 is 27.3 Å². The van der Waals surface area contributed by atoms with Crippen LogP contribution in [0, 0.1) is 0 Å². The summed E-state index contributed by atoms with van der Waals surface area (Å²) >= 11 is 4.64. The zero-order chi connectivity index (χ0) is 5.98. The van der Waals surface area contributed by atoms with E-state index in [0.717, 1.165) is 9.35 Å². The van der Waals surface area contributed by atoms with Crippen molar-refractivity contribution in [3.05, 3.63) is 20.8 Å². The van der Waals surface area contributed by atoms with E-state index in [-0.39, 0.29) is 6.67 Å². The highest BCUT2D eigenvalue weighted by Crippen LogP contribution is 2.19. The first-order valence-corrected chi connectivity index (χ1v) is 3.79. The van der Waals surface area contributed by atoms with Gasteiger partial charge in [0.2, 0.25) is 0 Å². The minimum atomic E-state index is -0.351. The van der Waals surface area contributed by atoms with Crippen LogP contribution in [0.15, 0.2) is 15.9 Å². The van der Waals surface area contributed by atoms with Gasteiger partial charge in [0.1, 0.15) is 6.67 Å². The number of thiophene rings is 1. The summed E-state index contributed by atoms with van der Waals surface area (Å²) in [6.45, 7) is -0.351. The SMILES string of the molecule is FCc1cc(Br)cs1. The molecule has 1 heterocycles. The minimum Gasteiger partial charge on any atom is -0.245 e. The van der Waals surface area contributed by atoms with Crippen LogP contribution in [0.4, 0.5) is 4.39 Å². The lowest BCUT2D eigenvalue weighted by molar-refractivity contribution is 0.491. The van der Waals surface area contributed by atoms with E-state index in [9.17, 15) is 4.39 Å². The van der Waals surface area contributed by atoms with Crippen LogP contribution in [0.25, 0.3) is 0 Å². The van der Waals surface area contributed by atoms with Gasteiger partial charge in [-0.2, -0.15) is 0 Å². The Morgan fingerprint density at radius 3 is 2.75 bits per heavy atom. The molecule has 0 fully saturated rings. The van der Waals surface area contributed by atoms with E-state index >= 15 is 0 Å². The molecule has 0 nitrogen and oxygen atoms in total. The lowest BCUT2D eigenvalue weighted by atomic mass is 10.5. The van der Waals surface area contributed by atoms with Gasteiger partial charge in [-0.15, -0.1) is 11.3 Å². The van der Waals surface area contributed by atoms with Crippen LogP contribution in [-0.4, -0.2) is 0 Å². The Balaban J connectivity index is 2.84. The molecule has 3 heteroatoms. The van der Waals surface area contributed by atoms with Crippen LogP contribution in [-0.2, 0) is 6.67 Å². The van der Waals surface area contributed by atoms with Crippen molar-refractivity contribution in [3.8, 4) is 0 Å². The second-order valence-electron chi connectivity index (χ2n) is 1.36. The smallest absolute Gasteiger partial charge is 0.124 e. The van der Waals surface area contributed by atoms with E-state index in [1.165, 1.54) is 11.3 Å². The van der Waals surface area contributed by atoms with Crippen molar-refractivity contribution in [2.75, 3.05) is 0 Å². The van der Waals surface area contributed by atoms with Gasteiger partial charge in [-0.1, -0.05) is 0 Å². The summed E-state index contributed by atoms with van der Waals surface area (Å²) in [5, 5.41) is 1.87. The number of halogens is 2. The number of hydrogen-bond donors (Lipinski definition) is 0. The molecule has 0 spiro atoms. The van der Waals surface area contributed by atoms with Crippen LogP contribution in [0.2, 0.25) is 0 Å². The molecule has 0 N–H and O–H groups in total. The predicted molar refractivity (Wildman–Crippen MR) is 36.8 cm³/mol. The quantitative estimate of drug-likeness (QED) is 0.646. The van der Waals surface area contributed by atoms with Gasteiger partial charge in [0.25, 0.3) is 0 Å². The second-order valence-corrected chi connectivity index (χ2v) is 3.28. The average Bonchev–Trinajstić information content (AvgIpc) is 2.14. The van der Waals surface area contributed by atoms with Crippen molar-refractivity contribution in [2.24, 2.45) is 0 Å². The highest BCUT2D eigenvalue weighted by molar-refractivity contribution is 9.10. The summed E-state index contributed by atoms with van der Waals surface area (Å²) in [4.78, 5) is 0.775. The van der Waals surface area contributed by atoms with Crippen molar-refractivity contribution in [1.82, 2.24) is 0 Å². The summed E-state index contributed by atoms with van der Waals surface area (Å²) in [6.07, 6.45) is 0. The van der Waals surface area contributed by atoms with E-state index in [1.807, 2.05) is 5.38 Å². The van der Waals surface area contributed by atoms with Crippen LogP contribution >= 0.6 is 27.3 Å². The summed E-state index contributed by atoms with van der Waals surface area (Å²) in [6, 6.07) is 1.78. The molecule has 0 radical (unpaired) electrons. The Labute approximate surface area is 59.5 Å². The number of hydrogen-bond acceptors (Lipinski definition) is 1.